The Morgan fingerprint density at radius 1 is 1.21 bits per heavy atom. The summed E-state index contributed by atoms with van der Waals surface area (Å²) in [6, 6.07) is 15.4. The molecule has 0 radical (unpaired) electrons. The highest BCUT2D eigenvalue weighted by molar-refractivity contribution is 5.95. The van der Waals surface area contributed by atoms with Gasteiger partial charge < -0.3 is 14.8 Å². The first-order valence-electron chi connectivity index (χ1n) is 9.24. The Kier molecular flexibility index (Phi) is 5.45. The van der Waals surface area contributed by atoms with E-state index in [1.807, 2.05) is 48.5 Å². The van der Waals surface area contributed by atoms with Crippen LogP contribution in [-0.4, -0.2) is 47.6 Å². The number of ether oxygens (including phenoxy) is 2. The van der Waals surface area contributed by atoms with E-state index in [0.717, 1.165) is 42.3 Å². The number of carbonyl (C=O) groups is 1. The minimum atomic E-state index is -0.0666. The van der Waals surface area contributed by atoms with Crippen LogP contribution in [0, 0.1) is 0 Å². The zero-order valence-electron chi connectivity index (χ0n) is 15.7. The number of nitrogens with zero attached hydrogens (tertiary/aromatic N) is 3. The van der Waals surface area contributed by atoms with Gasteiger partial charge in [0.2, 0.25) is 0 Å². The predicted octanol–water partition coefficient (Wildman–Crippen LogP) is 2.36. The fourth-order valence-corrected chi connectivity index (χ4v) is 3.16. The molecule has 0 unspecified atom stereocenters. The lowest BCUT2D eigenvalue weighted by Gasteiger charge is -2.24. The van der Waals surface area contributed by atoms with Gasteiger partial charge in [-0.1, -0.05) is 29.5 Å². The van der Waals surface area contributed by atoms with E-state index in [2.05, 4.69) is 15.6 Å². The average molecular weight is 378 g/mol. The van der Waals surface area contributed by atoms with Crippen molar-refractivity contribution in [3.8, 4) is 11.4 Å². The monoisotopic (exact) mass is 378 g/mol. The fraction of sp³-hybridized carbons (Fsp3) is 0.286. The number of hydrogen-bond donors (Lipinski definition) is 1. The topological polar surface area (TPSA) is 78.3 Å². The van der Waals surface area contributed by atoms with Crippen LogP contribution in [0.5, 0.6) is 5.75 Å². The van der Waals surface area contributed by atoms with Crippen molar-refractivity contribution in [2.24, 2.45) is 0 Å². The molecule has 2 heterocycles. The summed E-state index contributed by atoms with van der Waals surface area (Å²) in [5, 5.41) is 11.4. The average Bonchev–Trinajstić information content (AvgIpc) is 3.25. The van der Waals surface area contributed by atoms with Gasteiger partial charge in [0.1, 0.15) is 11.4 Å². The first-order valence-corrected chi connectivity index (χ1v) is 9.24. The molecule has 28 heavy (non-hydrogen) atoms. The van der Waals surface area contributed by atoms with Gasteiger partial charge in [-0.2, -0.15) is 0 Å². The number of rotatable bonds is 6. The van der Waals surface area contributed by atoms with Crippen LogP contribution in [-0.2, 0) is 11.2 Å². The van der Waals surface area contributed by atoms with Gasteiger partial charge in [0.05, 0.1) is 31.7 Å². The first kappa shape index (κ1) is 18.3. The SMILES string of the molecule is COc1ccc(-n2cc(C(=O)Cc3ccc([C@H]4CNCCO4)cc3)nn2)cc1. The van der Waals surface area contributed by atoms with Crippen molar-refractivity contribution in [2.75, 3.05) is 26.8 Å². The van der Waals surface area contributed by atoms with E-state index in [1.165, 1.54) is 0 Å². The summed E-state index contributed by atoms with van der Waals surface area (Å²) in [7, 11) is 1.62. The summed E-state index contributed by atoms with van der Waals surface area (Å²) >= 11 is 0. The highest BCUT2D eigenvalue weighted by Crippen LogP contribution is 2.20. The molecule has 1 aliphatic heterocycles. The van der Waals surface area contributed by atoms with Crippen molar-refractivity contribution in [2.45, 2.75) is 12.5 Å². The van der Waals surface area contributed by atoms with Gasteiger partial charge in [-0.3, -0.25) is 4.79 Å². The van der Waals surface area contributed by atoms with E-state index in [4.69, 9.17) is 9.47 Å². The molecule has 2 aromatic carbocycles. The summed E-state index contributed by atoms with van der Waals surface area (Å²) < 4.78 is 12.5. The molecule has 0 spiro atoms. The molecule has 7 heteroatoms. The summed E-state index contributed by atoms with van der Waals surface area (Å²) in [5.74, 6) is 0.695. The molecular formula is C21H22N4O3. The maximum absolute atomic E-state index is 12.6. The number of aromatic nitrogens is 3. The van der Waals surface area contributed by atoms with Crippen LogP contribution in [0.1, 0.15) is 27.7 Å². The molecule has 0 saturated carbocycles. The Hall–Kier alpha value is -3.03. The fourth-order valence-electron chi connectivity index (χ4n) is 3.16. The standard InChI is InChI=1S/C21H22N4O3/c1-27-18-8-6-17(7-9-18)25-14-19(23-24-25)20(26)12-15-2-4-16(5-3-15)21-13-22-10-11-28-21/h2-9,14,21-22H,10-13H2,1H3/t21-/m1/s1. The molecule has 1 saturated heterocycles. The lowest BCUT2D eigenvalue weighted by Crippen LogP contribution is -2.33. The van der Waals surface area contributed by atoms with Crippen molar-refractivity contribution in [1.29, 1.82) is 0 Å². The van der Waals surface area contributed by atoms with Gasteiger partial charge in [0.25, 0.3) is 0 Å². The van der Waals surface area contributed by atoms with E-state index < -0.39 is 0 Å². The maximum atomic E-state index is 12.6. The number of hydrogen-bond acceptors (Lipinski definition) is 6. The number of methoxy groups -OCH3 is 1. The van der Waals surface area contributed by atoms with Gasteiger partial charge in [-0.05, 0) is 35.4 Å². The lowest BCUT2D eigenvalue weighted by molar-refractivity contribution is 0.0277. The van der Waals surface area contributed by atoms with E-state index in [0.29, 0.717) is 5.69 Å². The van der Waals surface area contributed by atoms with Crippen LogP contribution in [0.25, 0.3) is 5.69 Å². The minimum Gasteiger partial charge on any atom is -0.497 e. The smallest absolute Gasteiger partial charge is 0.189 e. The zero-order chi connectivity index (χ0) is 19.3. The van der Waals surface area contributed by atoms with Crippen LogP contribution in [0.2, 0.25) is 0 Å². The van der Waals surface area contributed by atoms with Crippen molar-refractivity contribution in [3.63, 3.8) is 0 Å². The van der Waals surface area contributed by atoms with Crippen LogP contribution in [0.3, 0.4) is 0 Å². The molecular weight excluding hydrogens is 356 g/mol. The Labute approximate surface area is 163 Å². The highest BCUT2D eigenvalue weighted by Gasteiger charge is 2.16. The molecule has 0 amide bonds. The largest absolute Gasteiger partial charge is 0.497 e. The highest BCUT2D eigenvalue weighted by atomic mass is 16.5. The van der Waals surface area contributed by atoms with Gasteiger partial charge in [-0.15, -0.1) is 5.10 Å². The molecule has 4 rings (SSSR count). The Morgan fingerprint density at radius 3 is 2.68 bits per heavy atom. The molecule has 0 bridgehead atoms. The molecule has 1 fully saturated rings. The Morgan fingerprint density at radius 2 is 2.00 bits per heavy atom. The van der Waals surface area contributed by atoms with Gasteiger partial charge in [0, 0.05) is 19.5 Å². The Balaban J connectivity index is 1.41. The molecule has 1 atom stereocenters. The second-order valence-electron chi connectivity index (χ2n) is 6.65. The summed E-state index contributed by atoms with van der Waals surface area (Å²) in [6.45, 7) is 2.42. The molecule has 0 aliphatic carbocycles. The number of ketones is 1. The molecule has 1 aliphatic rings. The number of benzene rings is 2. The number of carbonyl (C=O) groups excluding carboxylic acids is 1. The Bertz CT molecular complexity index is 929. The third-order valence-electron chi connectivity index (χ3n) is 4.76. The van der Waals surface area contributed by atoms with E-state index in [1.54, 1.807) is 18.0 Å². The zero-order valence-corrected chi connectivity index (χ0v) is 15.7. The van der Waals surface area contributed by atoms with Gasteiger partial charge in [0.15, 0.2) is 5.78 Å². The van der Waals surface area contributed by atoms with Gasteiger partial charge in [-0.25, -0.2) is 4.68 Å². The van der Waals surface area contributed by atoms with E-state index in [9.17, 15) is 4.79 Å². The van der Waals surface area contributed by atoms with Crippen molar-refractivity contribution < 1.29 is 14.3 Å². The van der Waals surface area contributed by atoms with Crippen molar-refractivity contribution in [1.82, 2.24) is 20.3 Å². The molecule has 1 N–H and O–H groups in total. The second-order valence-corrected chi connectivity index (χ2v) is 6.65. The van der Waals surface area contributed by atoms with E-state index >= 15 is 0 Å². The quantitative estimate of drug-likeness (QED) is 0.664. The third kappa shape index (κ3) is 4.11. The van der Waals surface area contributed by atoms with Crippen LogP contribution >= 0.6 is 0 Å². The van der Waals surface area contributed by atoms with Crippen molar-refractivity contribution in [3.05, 3.63) is 71.5 Å². The predicted molar refractivity (Wildman–Crippen MR) is 104 cm³/mol. The molecule has 7 nitrogen and oxygen atoms in total. The first-order chi connectivity index (χ1) is 13.7. The van der Waals surface area contributed by atoms with Crippen LogP contribution in [0.15, 0.2) is 54.7 Å². The van der Waals surface area contributed by atoms with E-state index in [-0.39, 0.29) is 18.3 Å². The second kappa shape index (κ2) is 8.33. The normalized spacial score (nSPS) is 16.7. The maximum Gasteiger partial charge on any atom is 0.189 e. The summed E-state index contributed by atoms with van der Waals surface area (Å²) in [4.78, 5) is 12.6. The molecule has 144 valence electrons. The minimum absolute atomic E-state index is 0.0666. The number of nitrogens with one attached hydrogen (secondary N) is 1. The van der Waals surface area contributed by atoms with Crippen LogP contribution < -0.4 is 10.1 Å². The van der Waals surface area contributed by atoms with Crippen LogP contribution in [0.4, 0.5) is 0 Å². The van der Waals surface area contributed by atoms with Gasteiger partial charge >= 0.3 is 0 Å². The molecule has 3 aromatic rings. The van der Waals surface area contributed by atoms with Crippen molar-refractivity contribution >= 4 is 5.78 Å². The number of morpholine rings is 1. The third-order valence-corrected chi connectivity index (χ3v) is 4.76. The molecule has 1 aromatic heterocycles. The summed E-state index contributed by atoms with van der Waals surface area (Å²) in [6.07, 6.45) is 2.01. The number of Topliss-reactive ketones (excluding diaryl/α,β-unsaturated/α-hetero) is 1. The lowest BCUT2D eigenvalue weighted by atomic mass is 10.0. The summed E-state index contributed by atoms with van der Waals surface area (Å²) in [5.41, 5.74) is 3.22.